The molecule has 5 nitrogen and oxygen atoms in total. The summed E-state index contributed by atoms with van der Waals surface area (Å²) in [7, 11) is 0. The molecule has 2 rings (SSSR count). The SMILES string of the molecule is CCCNC(=O)C(CC)N(Cc1ccc(F)cc1)C(=O)CCCOc1ccc(Cl)cc1. The number of hydrogen-bond acceptors (Lipinski definition) is 3. The second kappa shape index (κ2) is 13.0. The van der Waals surface area contributed by atoms with Crippen LogP contribution in [0.25, 0.3) is 0 Å². The summed E-state index contributed by atoms with van der Waals surface area (Å²) in [5, 5.41) is 3.51. The summed E-state index contributed by atoms with van der Waals surface area (Å²) in [4.78, 5) is 27.3. The Labute approximate surface area is 188 Å². The molecule has 0 radical (unpaired) electrons. The zero-order valence-electron chi connectivity index (χ0n) is 18.1. The molecule has 0 saturated carbocycles. The van der Waals surface area contributed by atoms with Crippen LogP contribution in [0, 0.1) is 5.82 Å². The van der Waals surface area contributed by atoms with E-state index in [0.29, 0.717) is 36.8 Å². The highest BCUT2D eigenvalue weighted by Crippen LogP contribution is 2.17. The molecule has 1 atom stereocenters. The predicted octanol–water partition coefficient (Wildman–Crippen LogP) is 4.97. The second-order valence-corrected chi connectivity index (χ2v) is 7.71. The van der Waals surface area contributed by atoms with E-state index in [0.717, 1.165) is 12.0 Å². The molecule has 0 bridgehead atoms. The average Bonchev–Trinajstić information content (AvgIpc) is 2.77. The van der Waals surface area contributed by atoms with Crippen LogP contribution in [0.2, 0.25) is 5.02 Å². The Hall–Kier alpha value is -2.60. The molecule has 0 aromatic heterocycles. The van der Waals surface area contributed by atoms with E-state index in [1.165, 1.54) is 12.1 Å². The Kier molecular flexibility index (Phi) is 10.3. The molecule has 0 aliphatic heterocycles. The van der Waals surface area contributed by atoms with Crippen LogP contribution in [0.5, 0.6) is 5.75 Å². The number of rotatable bonds is 12. The van der Waals surface area contributed by atoms with E-state index in [2.05, 4.69) is 5.32 Å². The van der Waals surface area contributed by atoms with Crippen molar-refractivity contribution in [1.82, 2.24) is 10.2 Å². The maximum absolute atomic E-state index is 13.3. The first-order chi connectivity index (χ1) is 14.9. The van der Waals surface area contributed by atoms with Gasteiger partial charge in [0.25, 0.3) is 0 Å². The number of nitrogens with zero attached hydrogens (tertiary/aromatic N) is 1. The zero-order valence-corrected chi connectivity index (χ0v) is 18.8. The molecule has 1 N–H and O–H groups in total. The molecule has 2 aromatic rings. The molecule has 2 amide bonds. The fraction of sp³-hybridized carbons (Fsp3) is 0.417. The number of carbonyl (C=O) groups excluding carboxylic acids is 2. The van der Waals surface area contributed by atoms with E-state index in [4.69, 9.17) is 16.3 Å². The standard InChI is InChI=1S/C24H30ClFN2O3/c1-3-15-27-24(30)22(4-2)28(17-18-7-11-20(26)12-8-18)23(29)6-5-16-31-21-13-9-19(25)10-14-21/h7-14,22H,3-6,15-17H2,1-2H3,(H,27,30). The maximum atomic E-state index is 13.3. The molecule has 1 unspecified atom stereocenters. The topological polar surface area (TPSA) is 58.6 Å². The van der Waals surface area contributed by atoms with E-state index >= 15 is 0 Å². The number of nitrogens with one attached hydrogen (secondary N) is 1. The van der Waals surface area contributed by atoms with Crippen molar-refractivity contribution in [2.75, 3.05) is 13.2 Å². The van der Waals surface area contributed by atoms with Crippen molar-refractivity contribution in [2.45, 2.75) is 52.1 Å². The number of ether oxygens (including phenoxy) is 1. The van der Waals surface area contributed by atoms with Crippen molar-refractivity contribution < 1.29 is 18.7 Å². The summed E-state index contributed by atoms with van der Waals surface area (Å²) in [6.07, 6.45) is 2.06. The largest absolute Gasteiger partial charge is 0.494 e. The van der Waals surface area contributed by atoms with Crippen LogP contribution in [0.3, 0.4) is 0 Å². The first kappa shape index (κ1) is 24.7. The number of carbonyl (C=O) groups is 2. The van der Waals surface area contributed by atoms with Gasteiger partial charge in [-0.25, -0.2) is 4.39 Å². The van der Waals surface area contributed by atoms with Crippen molar-refractivity contribution in [1.29, 1.82) is 0 Å². The predicted molar refractivity (Wildman–Crippen MR) is 121 cm³/mol. The lowest BCUT2D eigenvalue weighted by Gasteiger charge is -2.30. The Morgan fingerprint density at radius 2 is 1.77 bits per heavy atom. The van der Waals surface area contributed by atoms with E-state index in [1.807, 2.05) is 13.8 Å². The summed E-state index contributed by atoms with van der Waals surface area (Å²) < 4.78 is 18.9. The molecule has 2 aromatic carbocycles. The average molecular weight is 449 g/mol. The van der Waals surface area contributed by atoms with Crippen LogP contribution in [0.4, 0.5) is 4.39 Å². The van der Waals surface area contributed by atoms with E-state index in [-0.39, 0.29) is 30.6 Å². The Bertz CT molecular complexity index is 828. The Balaban J connectivity index is 2.02. The number of amides is 2. The number of hydrogen-bond donors (Lipinski definition) is 1. The van der Waals surface area contributed by atoms with Gasteiger partial charge in [0.15, 0.2) is 0 Å². The van der Waals surface area contributed by atoms with Gasteiger partial charge in [-0.1, -0.05) is 37.6 Å². The lowest BCUT2D eigenvalue weighted by molar-refractivity contribution is -0.141. The third kappa shape index (κ3) is 8.21. The molecule has 0 fully saturated rings. The normalized spacial score (nSPS) is 11.6. The third-order valence-electron chi connectivity index (χ3n) is 4.82. The molecule has 168 valence electrons. The fourth-order valence-corrected chi connectivity index (χ4v) is 3.29. The number of halogens is 2. The minimum absolute atomic E-state index is 0.137. The highest BCUT2D eigenvalue weighted by molar-refractivity contribution is 6.30. The van der Waals surface area contributed by atoms with Crippen LogP contribution in [0.15, 0.2) is 48.5 Å². The van der Waals surface area contributed by atoms with Gasteiger partial charge in [0.1, 0.15) is 17.6 Å². The summed E-state index contributed by atoms with van der Waals surface area (Å²) >= 11 is 5.87. The van der Waals surface area contributed by atoms with Gasteiger partial charge in [0.2, 0.25) is 11.8 Å². The molecule has 0 saturated heterocycles. The van der Waals surface area contributed by atoms with Crippen molar-refractivity contribution in [3.8, 4) is 5.75 Å². The Morgan fingerprint density at radius 3 is 2.39 bits per heavy atom. The second-order valence-electron chi connectivity index (χ2n) is 7.27. The van der Waals surface area contributed by atoms with Crippen LogP contribution in [-0.4, -0.2) is 35.9 Å². The van der Waals surface area contributed by atoms with E-state index < -0.39 is 6.04 Å². The van der Waals surface area contributed by atoms with Gasteiger partial charge in [-0.15, -0.1) is 0 Å². The van der Waals surface area contributed by atoms with Crippen molar-refractivity contribution in [3.05, 3.63) is 64.9 Å². The zero-order chi connectivity index (χ0) is 22.6. The van der Waals surface area contributed by atoms with Crippen molar-refractivity contribution >= 4 is 23.4 Å². The van der Waals surface area contributed by atoms with Crippen molar-refractivity contribution in [2.24, 2.45) is 0 Å². The lowest BCUT2D eigenvalue weighted by atomic mass is 10.1. The summed E-state index contributed by atoms with van der Waals surface area (Å²) in [5.74, 6) is 0.0406. The summed E-state index contributed by atoms with van der Waals surface area (Å²) in [5.41, 5.74) is 0.772. The highest BCUT2D eigenvalue weighted by Gasteiger charge is 2.28. The Morgan fingerprint density at radius 1 is 1.10 bits per heavy atom. The number of benzene rings is 2. The monoisotopic (exact) mass is 448 g/mol. The maximum Gasteiger partial charge on any atom is 0.242 e. The quantitative estimate of drug-likeness (QED) is 0.466. The molecule has 0 aliphatic rings. The van der Waals surface area contributed by atoms with Crippen LogP contribution in [0.1, 0.15) is 45.1 Å². The first-order valence-electron chi connectivity index (χ1n) is 10.6. The fourth-order valence-electron chi connectivity index (χ4n) is 3.16. The van der Waals surface area contributed by atoms with Crippen LogP contribution >= 0.6 is 11.6 Å². The van der Waals surface area contributed by atoms with Crippen LogP contribution in [-0.2, 0) is 16.1 Å². The molecular formula is C24H30ClFN2O3. The van der Waals surface area contributed by atoms with Gasteiger partial charge in [0, 0.05) is 24.5 Å². The van der Waals surface area contributed by atoms with Gasteiger partial charge < -0.3 is 15.0 Å². The van der Waals surface area contributed by atoms with E-state index in [1.54, 1.807) is 41.3 Å². The van der Waals surface area contributed by atoms with Gasteiger partial charge in [-0.3, -0.25) is 9.59 Å². The van der Waals surface area contributed by atoms with Crippen LogP contribution < -0.4 is 10.1 Å². The molecule has 31 heavy (non-hydrogen) atoms. The molecule has 0 aliphatic carbocycles. The third-order valence-corrected chi connectivity index (χ3v) is 5.07. The molecule has 7 heteroatoms. The smallest absolute Gasteiger partial charge is 0.242 e. The van der Waals surface area contributed by atoms with Gasteiger partial charge in [-0.05, 0) is 61.2 Å². The van der Waals surface area contributed by atoms with E-state index in [9.17, 15) is 14.0 Å². The molecule has 0 heterocycles. The highest BCUT2D eigenvalue weighted by atomic mass is 35.5. The first-order valence-corrected chi connectivity index (χ1v) is 11.0. The van der Waals surface area contributed by atoms with Crippen molar-refractivity contribution in [3.63, 3.8) is 0 Å². The molecule has 0 spiro atoms. The molecular weight excluding hydrogens is 419 g/mol. The minimum atomic E-state index is -0.582. The summed E-state index contributed by atoms with van der Waals surface area (Å²) in [6, 6.07) is 12.4. The minimum Gasteiger partial charge on any atom is -0.494 e. The van der Waals surface area contributed by atoms with Gasteiger partial charge in [0.05, 0.1) is 6.61 Å². The van der Waals surface area contributed by atoms with Gasteiger partial charge >= 0.3 is 0 Å². The van der Waals surface area contributed by atoms with Gasteiger partial charge in [-0.2, -0.15) is 0 Å². The summed E-state index contributed by atoms with van der Waals surface area (Å²) in [6.45, 7) is 5.03. The lowest BCUT2D eigenvalue weighted by Crippen LogP contribution is -2.49.